The molecule has 0 spiro atoms. The number of hydrogen-bond donors (Lipinski definition) is 1. The first-order valence-electron chi connectivity index (χ1n) is 8.52. The first-order chi connectivity index (χ1) is 11.8. The van der Waals surface area contributed by atoms with Gasteiger partial charge in [-0.3, -0.25) is 9.69 Å². The summed E-state index contributed by atoms with van der Waals surface area (Å²) >= 11 is 0. The number of aromatic nitrogens is 3. The van der Waals surface area contributed by atoms with Gasteiger partial charge in [0, 0.05) is 57.7 Å². The largest absolute Gasteiger partial charge is 0.336 e. The second kappa shape index (κ2) is 6.70. The fourth-order valence-corrected chi connectivity index (χ4v) is 3.51. The Morgan fingerprint density at radius 1 is 1.17 bits per heavy atom. The van der Waals surface area contributed by atoms with Gasteiger partial charge in [-0.1, -0.05) is 6.07 Å². The van der Waals surface area contributed by atoms with Crippen molar-refractivity contribution in [3.63, 3.8) is 0 Å². The number of likely N-dealkylation sites (tertiary alicyclic amines) is 1. The summed E-state index contributed by atoms with van der Waals surface area (Å²) in [7, 11) is 0. The summed E-state index contributed by atoms with van der Waals surface area (Å²) in [5, 5.41) is 7.55. The highest BCUT2D eigenvalue weighted by atomic mass is 16.2. The van der Waals surface area contributed by atoms with Crippen LogP contribution in [-0.2, 0) is 0 Å². The number of carbonyl (C=O) groups is 1. The highest BCUT2D eigenvalue weighted by Crippen LogP contribution is 2.18. The maximum atomic E-state index is 12.8. The predicted molar refractivity (Wildman–Crippen MR) is 90.1 cm³/mol. The molecule has 4 rings (SSSR count). The van der Waals surface area contributed by atoms with Crippen molar-refractivity contribution in [2.45, 2.75) is 12.5 Å². The summed E-state index contributed by atoms with van der Waals surface area (Å²) in [4.78, 5) is 21.7. The van der Waals surface area contributed by atoms with E-state index in [0.717, 1.165) is 45.7 Å². The minimum atomic E-state index is 0.0154. The third-order valence-electron chi connectivity index (χ3n) is 4.81. The van der Waals surface area contributed by atoms with Crippen molar-refractivity contribution in [3.05, 3.63) is 42.4 Å². The summed E-state index contributed by atoms with van der Waals surface area (Å²) in [5.74, 6) is 0.686. The van der Waals surface area contributed by atoms with Crippen LogP contribution in [0.25, 0.3) is 5.82 Å². The molecule has 1 unspecified atom stereocenters. The first kappa shape index (κ1) is 15.3. The van der Waals surface area contributed by atoms with Gasteiger partial charge < -0.3 is 10.2 Å². The van der Waals surface area contributed by atoms with E-state index >= 15 is 0 Å². The molecule has 7 nitrogen and oxygen atoms in total. The molecule has 0 radical (unpaired) electrons. The van der Waals surface area contributed by atoms with Gasteiger partial charge in [0.25, 0.3) is 5.91 Å². The molecule has 0 bridgehead atoms. The summed E-state index contributed by atoms with van der Waals surface area (Å²) < 4.78 is 1.67. The Hall–Kier alpha value is -2.25. The van der Waals surface area contributed by atoms with Gasteiger partial charge in [-0.15, -0.1) is 0 Å². The van der Waals surface area contributed by atoms with E-state index < -0.39 is 0 Å². The molecule has 1 N–H and O–H groups in total. The Morgan fingerprint density at radius 3 is 2.83 bits per heavy atom. The van der Waals surface area contributed by atoms with E-state index in [-0.39, 0.29) is 5.91 Å². The number of amides is 1. The van der Waals surface area contributed by atoms with Crippen molar-refractivity contribution in [3.8, 4) is 5.82 Å². The number of rotatable bonds is 3. The molecule has 1 amide bonds. The molecule has 2 fully saturated rings. The van der Waals surface area contributed by atoms with Crippen molar-refractivity contribution in [2.75, 3.05) is 39.3 Å². The fourth-order valence-electron chi connectivity index (χ4n) is 3.51. The van der Waals surface area contributed by atoms with Crippen LogP contribution in [0.5, 0.6) is 0 Å². The lowest BCUT2D eigenvalue weighted by atomic mass is 10.2. The highest BCUT2D eigenvalue weighted by Gasteiger charge is 2.31. The quantitative estimate of drug-likeness (QED) is 0.884. The molecular weight excluding hydrogens is 304 g/mol. The molecule has 0 saturated carbocycles. The minimum Gasteiger partial charge on any atom is -0.336 e. The molecule has 1 atom stereocenters. The molecule has 4 heterocycles. The fraction of sp³-hybridized carbons (Fsp3) is 0.471. The van der Waals surface area contributed by atoms with E-state index in [0.29, 0.717) is 17.6 Å². The zero-order valence-electron chi connectivity index (χ0n) is 13.6. The van der Waals surface area contributed by atoms with Gasteiger partial charge in [0.2, 0.25) is 0 Å². The third kappa shape index (κ3) is 3.05. The molecule has 2 aromatic heterocycles. The maximum Gasteiger partial charge on any atom is 0.272 e. The van der Waals surface area contributed by atoms with Gasteiger partial charge in [0.1, 0.15) is 5.69 Å². The van der Waals surface area contributed by atoms with Gasteiger partial charge in [-0.05, 0) is 24.6 Å². The molecule has 2 aromatic rings. The normalized spacial score (nSPS) is 22.0. The van der Waals surface area contributed by atoms with Crippen LogP contribution in [0.15, 0.2) is 36.7 Å². The minimum absolute atomic E-state index is 0.0154. The highest BCUT2D eigenvalue weighted by molar-refractivity contribution is 5.92. The standard InChI is InChI=1S/C17H22N6O/c24-17(15-3-1-4-16(20-15)23-9-2-6-19-23)22-10-5-14(13-22)21-11-7-18-8-12-21/h1-4,6,9,14,18H,5,7-8,10-13H2. The number of carbonyl (C=O) groups excluding carboxylic acids is 1. The van der Waals surface area contributed by atoms with Gasteiger partial charge in [0.05, 0.1) is 0 Å². The van der Waals surface area contributed by atoms with E-state index in [1.165, 1.54) is 0 Å². The van der Waals surface area contributed by atoms with E-state index in [9.17, 15) is 4.79 Å². The summed E-state index contributed by atoms with van der Waals surface area (Å²) in [5.41, 5.74) is 0.490. The monoisotopic (exact) mass is 326 g/mol. The van der Waals surface area contributed by atoms with Crippen LogP contribution in [0.3, 0.4) is 0 Å². The summed E-state index contributed by atoms with van der Waals surface area (Å²) in [6.45, 7) is 5.82. The molecule has 2 aliphatic heterocycles. The van der Waals surface area contributed by atoms with Crippen LogP contribution in [0.4, 0.5) is 0 Å². The molecular formula is C17H22N6O. The molecule has 0 aromatic carbocycles. The van der Waals surface area contributed by atoms with Crippen molar-refractivity contribution in [1.82, 2.24) is 29.9 Å². The average molecular weight is 326 g/mol. The van der Waals surface area contributed by atoms with Crippen molar-refractivity contribution < 1.29 is 4.79 Å². The summed E-state index contributed by atoms with van der Waals surface area (Å²) in [6.07, 6.45) is 4.58. The lowest BCUT2D eigenvalue weighted by Crippen LogP contribution is -2.49. The lowest BCUT2D eigenvalue weighted by molar-refractivity contribution is 0.0767. The van der Waals surface area contributed by atoms with Crippen LogP contribution in [0, 0.1) is 0 Å². The van der Waals surface area contributed by atoms with Crippen LogP contribution in [0.2, 0.25) is 0 Å². The SMILES string of the molecule is O=C(c1cccc(-n2cccn2)n1)N1CCC(N2CCNCC2)C1. The number of piperazine rings is 1. The van der Waals surface area contributed by atoms with E-state index in [1.807, 2.05) is 29.3 Å². The number of hydrogen-bond acceptors (Lipinski definition) is 5. The van der Waals surface area contributed by atoms with E-state index in [2.05, 4.69) is 20.3 Å². The predicted octanol–water partition coefficient (Wildman–Crippen LogP) is 0.387. The van der Waals surface area contributed by atoms with Gasteiger partial charge in [0.15, 0.2) is 5.82 Å². The Morgan fingerprint density at radius 2 is 2.04 bits per heavy atom. The van der Waals surface area contributed by atoms with Crippen molar-refractivity contribution in [1.29, 1.82) is 0 Å². The third-order valence-corrected chi connectivity index (χ3v) is 4.81. The summed E-state index contributed by atoms with van der Waals surface area (Å²) in [6, 6.07) is 7.82. The number of pyridine rings is 1. The molecule has 24 heavy (non-hydrogen) atoms. The van der Waals surface area contributed by atoms with E-state index in [4.69, 9.17) is 0 Å². The molecule has 2 aliphatic rings. The van der Waals surface area contributed by atoms with Gasteiger partial charge in [-0.25, -0.2) is 9.67 Å². The second-order valence-corrected chi connectivity index (χ2v) is 6.31. The lowest BCUT2D eigenvalue weighted by Gasteiger charge is -2.32. The van der Waals surface area contributed by atoms with Crippen molar-refractivity contribution >= 4 is 5.91 Å². The number of nitrogens with one attached hydrogen (secondary N) is 1. The van der Waals surface area contributed by atoms with Crippen LogP contribution < -0.4 is 5.32 Å². The second-order valence-electron chi connectivity index (χ2n) is 6.31. The smallest absolute Gasteiger partial charge is 0.272 e. The van der Waals surface area contributed by atoms with Crippen molar-refractivity contribution in [2.24, 2.45) is 0 Å². The Balaban J connectivity index is 1.45. The zero-order chi connectivity index (χ0) is 16.4. The Bertz CT molecular complexity index is 695. The zero-order valence-corrected chi connectivity index (χ0v) is 13.6. The van der Waals surface area contributed by atoms with Crippen LogP contribution in [-0.4, -0.2) is 75.8 Å². The van der Waals surface area contributed by atoms with Crippen LogP contribution >= 0.6 is 0 Å². The Labute approximate surface area is 141 Å². The molecule has 7 heteroatoms. The van der Waals surface area contributed by atoms with E-state index in [1.54, 1.807) is 16.9 Å². The Kier molecular flexibility index (Phi) is 4.27. The molecule has 2 saturated heterocycles. The average Bonchev–Trinajstić information content (AvgIpc) is 3.34. The molecule has 126 valence electrons. The van der Waals surface area contributed by atoms with Gasteiger partial charge >= 0.3 is 0 Å². The number of nitrogens with zero attached hydrogens (tertiary/aromatic N) is 5. The van der Waals surface area contributed by atoms with Crippen LogP contribution in [0.1, 0.15) is 16.9 Å². The first-order valence-corrected chi connectivity index (χ1v) is 8.52. The topological polar surface area (TPSA) is 66.3 Å². The molecule has 0 aliphatic carbocycles. The maximum absolute atomic E-state index is 12.8. The van der Waals surface area contributed by atoms with Gasteiger partial charge in [-0.2, -0.15) is 5.10 Å².